The summed E-state index contributed by atoms with van der Waals surface area (Å²) >= 11 is 0. The highest BCUT2D eigenvalue weighted by Crippen LogP contribution is 2.28. The first-order valence-electron chi connectivity index (χ1n) is 6.93. The zero-order valence-electron chi connectivity index (χ0n) is 12.2. The molecule has 2 heterocycles. The molecule has 1 aliphatic heterocycles. The molecule has 0 aromatic carbocycles. The number of aryl methyl sites for hydroxylation is 1. The number of rotatable bonds is 1. The lowest BCUT2D eigenvalue weighted by Gasteiger charge is -2.41. The predicted molar refractivity (Wildman–Crippen MR) is 76.8 cm³/mol. The fraction of sp³-hybridized carbons (Fsp3) is 0.600. The summed E-state index contributed by atoms with van der Waals surface area (Å²) in [6.45, 7) is 9.22. The maximum atomic E-state index is 12.7. The van der Waals surface area contributed by atoms with Gasteiger partial charge in [0.1, 0.15) is 0 Å². The highest BCUT2D eigenvalue weighted by Gasteiger charge is 2.33. The maximum absolute atomic E-state index is 12.7. The Hall–Kier alpha value is -1.58. The van der Waals surface area contributed by atoms with Gasteiger partial charge in [-0.05, 0) is 38.2 Å². The fourth-order valence-electron chi connectivity index (χ4n) is 2.90. The second-order valence-corrected chi connectivity index (χ2v) is 5.92. The Balaban J connectivity index is 2.30. The van der Waals surface area contributed by atoms with Gasteiger partial charge in [-0.1, -0.05) is 13.8 Å². The van der Waals surface area contributed by atoms with Crippen LogP contribution in [-0.4, -0.2) is 28.4 Å². The number of aromatic nitrogens is 1. The van der Waals surface area contributed by atoms with Crippen LogP contribution in [0.3, 0.4) is 0 Å². The van der Waals surface area contributed by atoms with Crippen molar-refractivity contribution in [1.82, 2.24) is 9.88 Å². The van der Waals surface area contributed by atoms with Crippen LogP contribution in [-0.2, 0) is 0 Å². The predicted octanol–water partition coefficient (Wildman–Crippen LogP) is 2.48. The number of nitrogens with two attached hydrogens (primary N) is 1. The fourth-order valence-corrected chi connectivity index (χ4v) is 2.90. The molecule has 0 radical (unpaired) electrons. The van der Waals surface area contributed by atoms with Gasteiger partial charge in [0.05, 0.1) is 23.1 Å². The molecule has 3 atom stereocenters. The van der Waals surface area contributed by atoms with Crippen LogP contribution in [0.25, 0.3) is 0 Å². The van der Waals surface area contributed by atoms with Crippen molar-refractivity contribution in [2.75, 3.05) is 12.3 Å². The molecule has 1 fully saturated rings. The number of anilines is 1. The number of piperidine rings is 1. The van der Waals surface area contributed by atoms with E-state index in [1.54, 1.807) is 12.3 Å². The van der Waals surface area contributed by atoms with Crippen molar-refractivity contribution >= 4 is 11.6 Å². The van der Waals surface area contributed by atoms with E-state index >= 15 is 0 Å². The first kappa shape index (κ1) is 13.8. The Morgan fingerprint density at radius 2 is 2.11 bits per heavy atom. The highest BCUT2D eigenvalue weighted by atomic mass is 16.2. The third-order valence-corrected chi connectivity index (χ3v) is 4.20. The van der Waals surface area contributed by atoms with Crippen LogP contribution >= 0.6 is 0 Å². The lowest BCUT2D eigenvalue weighted by Crippen LogP contribution is -2.49. The van der Waals surface area contributed by atoms with Gasteiger partial charge in [-0.15, -0.1) is 0 Å². The van der Waals surface area contributed by atoms with Gasteiger partial charge in [0.15, 0.2) is 0 Å². The van der Waals surface area contributed by atoms with E-state index in [-0.39, 0.29) is 11.9 Å². The van der Waals surface area contributed by atoms with Crippen molar-refractivity contribution in [2.45, 2.75) is 40.2 Å². The van der Waals surface area contributed by atoms with Crippen molar-refractivity contribution in [2.24, 2.45) is 11.8 Å². The minimum absolute atomic E-state index is 0.0585. The monoisotopic (exact) mass is 261 g/mol. The maximum Gasteiger partial charge on any atom is 0.256 e. The standard InChI is InChI=1S/C15H23N3O/c1-9-5-10(2)12(4)18(8-9)15(19)14-6-13(16)7-17-11(14)3/h6-7,9-10,12H,5,8,16H2,1-4H3. The Labute approximate surface area is 115 Å². The van der Waals surface area contributed by atoms with Gasteiger partial charge >= 0.3 is 0 Å². The second-order valence-electron chi connectivity index (χ2n) is 5.92. The molecule has 19 heavy (non-hydrogen) atoms. The number of likely N-dealkylation sites (tertiary alicyclic amines) is 1. The normalized spacial score (nSPS) is 27.4. The van der Waals surface area contributed by atoms with E-state index in [1.165, 1.54) is 6.42 Å². The van der Waals surface area contributed by atoms with Crippen LogP contribution in [0.5, 0.6) is 0 Å². The molecule has 1 aromatic rings. The van der Waals surface area contributed by atoms with Gasteiger partial charge in [-0.2, -0.15) is 0 Å². The Kier molecular flexibility index (Phi) is 3.78. The summed E-state index contributed by atoms with van der Waals surface area (Å²) in [4.78, 5) is 18.9. The number of hydrogen-bond donors (Lipinski definition) is 1. The van der Waals surface area contributed by atoms with Crippen LogP contribution in [0.2, 0.25) is 0 Å². The van der Waals surface area contributed by atoms with Gasteiger partial charge in [0.25, 0.3) is 5.91 Å². The van der Waals surface area contributed by atoms with Gasteiger partial charge in [0.2, 0.25) is 0 Å². The first-order valence-corrected chi connectivity index (χ1v) is 6.93. The van der Waals surface area contributed by atoms with Crippen molar-refractivity contribution in [3.05, 3.63) is 23.5 Å². The zero-order chi connectivity index (χ0) is 14.2. The van der Waals surface area contributed by atoms with E-state index in [9.17, 15) is 4.79 Å². The summed E-state index contributed by atoms with van der Waals surface area (Å²) in [6, 6.07) is 2.01. The van der Waals surface area contributed by atoms with E-state index in [1.807, 2.05) is 11.8 Å². The number of pyridine rings is 1. The molecule has 3 unspecified atom stereocenters. The lowest BCUT2D eigenvalue weighted by molar-refractivity contribution is 0.0454. The first-order chi connectivity index (χ1) is 8.90. The molecular weight excluding hydrogens is 238 g/mol. The van der Waals surface area contributed by atoms with Crippen LogP contribution in [0.15, 0.2) is 12.3 Å². The number of nitrogen functional groups attached to an aromatic ring is 1. The van der Waals surface area contributed by atoms with Crippen molar-refractivity contribution in [3.63, 3.8) is 0 Å². The third kappa shape index (κ3) is 2.72. The lowest BCUT2D eigenvalue weighted by atomic mass is 9.85. The van der Waals surface area contributed by atoms with Gasteiger partial charge in [-0.25, -0.2) is 0 Å². The van der Waals surface area contributed by atoms with E-state index < -0.39 is 0 Å². The number of hydrogen-bond acceptors (Lipinski definition) is 3. The van der Waals surface area contributed by atoms with E-state index in [0.29, 0.717) is 23.1 Å². The summed E-state index contributed by atoms with van der Waals surface area (Å²) in [5.74, 6) is 1.13. The Morgan fingerprint density at radius 3 is 2.79 bits per heavy atom. The highest BCUT2D eigenvalue weighted by molar-refractivity contribution is 5.96. The van der Waals surface area contributed by atoms with Gasteiger partial charge in [0, 0.05) is 12.6 Å². The molecular formula is C15H23N3O. The smallest absolute Gasteiger partial charge is 0.256 e. The van der Waals surface area contributed by atoms with Crippen molar-refractivity contribution in [3.8, 4) is 0 Å². The van der Waals surface area contributed by atoms with E-state index in [4.69, 9.17) is 5.73 Å². The molecule has 4 nitrogen and oxygen atoms in total. The Morgan fingerprint density at radius 1 is 1.42 bits per heavy atom. The van der Waals surface area contributed by atoms with Crippen LogP contribution < -0.4 is 5.73 Å². The van der Waals surface area contributed by atoms with Gasteiger partial charge in [-0.3, -0.25) is 9.78 Å². The molecule has 4 heteroatoms. The van der Waals surface area contributed by atoms with Crippen LogP contribution in [0.1, 0.15) is 43.2 Å². The van der Waals surface area contributed by atoms with Crippen molar-refractivity contribution < 1.29 is 4.79 Å². The summed E-state index contributed by atoms with van der Waals surface area (Å²) in [5, 5.41) is 0. The summed E-state index contributed by atoms with van der Waals surface area (Å²) in [6.07, 6.45) is 2.77. The largest absolute Gasteiger partial charge is 0.397 e. The second kappa shape index (κ2) is 5.19. The molecule has 1 aliphatic rings. The summed E-state index contributed by atoms with van der Waals surface area (Å²) in [5.41, 5.74) is 7.67. The molecule has 104 valence electrons. The van der Waals surface area contributed by atoms with Crippen molar-refractivity contribution in [1.29, 1.82) is 0 Å². The molecule has 1 amide bonds. The SMILES string of the molecule is Cc1ncc(N)cc1C(=O)N1CC(C)CC(C)C1C. The third-order valence-electron chi connectivity index (χ3n) is 4.20. The van der Waals surface area contributed by atoms with E-state index in [2.05, 4.69) is 25.8 Å². The molecule has 0 saturated carbocycles. The average molecular weight is 261 g/mol. The topological polar surface area (TPSA) is 59.2 Å². The number of amides is 1. The van der Waals surface area contributed by atoms with Gasteiger partial charge < -0.3 is 10.6 Å². The number of nitrogens with zero attached hydrogens (tertiary/aromatic N) is 2. The van der Waals surface area contributed by atoms with Crippen LogP contribution in [0.4, 0.5) is 5.69 Å². The molecule has 2 N–H and O–H groups in total. The molecule has 1 saturated heterocycles. The number of carbonyl (C=O) groups excluding carboxylic acids is 1. The molecule has 0 spiro atoms. The Bertz CT molecular complexity index is 486. The number of carbonyl (C=O) groups is 1. The van der Waals surface area contributed by atoms with E-state index in [0.717, 1.165) is 12.2 Å². The molecule has 0 bridgehead atoms. The summed E-state index contributed by atoms with van der Waals surface area (Å²) in [7, 11) is 0. The minimum atomic E-state index is 0.0585. The summed E-state index contributed by atoms with van der Waals surface area (Å²) < 4.78 is 0. The quantitative estimate of drug-likeness (QED) is 0.845. The molecule has 1 aromatic heterocycles. The minimum Gasteiger partial charge on any atom is -0.397 e. The van der Waals surface area contributed by atoms with Crippen LogP contribution in [0, 0.1) is 18.8 Å². The molecule has 0 aliphatic carbocycles. The average Bonchev–Trinajstić information content (AvgIpc) is 2.36. The molecule has 2 rings (SSSR count). The zero-order valence-corrected chi connectivity index (χ0v) is 12.2.